The minimum atomic E-state index is -0.428. The van der Waals surface area contributed by atoms with Crippen molar-refractivity contribution in [1.29, 1.82) is 0 Å². The maximum absolute atomic E-state index is 13.3. The summed E-state index contributed by atoms with van der Waals surface area (Å²) >= 11 is 0. The summed E-state index contributed by atoms with van der Waals surface area (Å²) < 4.78 is 5.29. The van der Waals surface area contributed by atoms with Crippen LogP contribution < -0.4 is 20.5 Å². The molecule has 1 fully saturated rings. The number of benzene rings is 3. The predicted octanol–water partition coefficient (Wildman–Crippen LogP) is 4.63. The van der Waals surface area contributed by atoms with Gasteiger partial charge in [-0.2, -0.15) is 0 Å². The zero-order valence-electron chi connectivity index (χ0n) is 18.2. The highest BCUT2D eigenvalue weighted by atomic mass is 16.5. The fourth-order valence-electron chi connectivity index (χ4n) is 4.11. The van der Waals surface area contributed by atoms with Crippen LogP contribution in [0.1, 0.15) is 30.0 Å². The van der Waals surface area contributed by atoms with Gasteiger partial charge in [-0.3, -0.25) is 20.4 Å². The van der Waals surface area contributed by atoms with Gasteiger partial charge in [0.05, 0.1) is 24.8 Å². The van der Waals surface area contributed by atoms with Crippen molar-refractivity contribution in [2.75, 3.05) is 17.4 Å². The number of piperidine rings is 1. The summed E-state index contributed by atoms with van der Waals surface area (Å²) in [6.07, 6.45) is 0.782. The highest BCUT2D eigenvalue weighted by molar-refractivity contribution is 5.97. The number of hydrazine groups is 1. The number of hydrogen-bond acceptors (Lipinski definition) is 4. The molecule has 0 saturated carbocycles. The van der Waals surface area contributed by atoms with Crippen LogP contribution in [0.2, 0.25) is 0 Å². The lowest BCUT2D eigenvalue weighted by molar-refractivity contribution is -0.128. The Morgan fingerprint density at radius 1 is 0.969 bits per heavy atom. The Balaban J connectivity index is 1.67. The third-order valence-electron chi connectivity index (χ3n) is 5.81. The number of amides is 2. The van der Waals surface area contributed by atoms with E-state index in [4.69, 9.17) is 4.74 Å². The Morgan fingerprint density at radius 3 is 2.31 bits per heavy atom. The molecule has 0 aromatic heterocycles. The van der Waals surface area contributed by atoms with E-state index in [1.165, 1.54) is 0 Å². The van der Waals surface area contributed by atoms with E-state index in [0.717, 1.165) is 28.3 Å². The quantitative estimate of drug-likeness (QED) is 0.561. The Morgan fingerprint density at radius 2 is 1.66 bits per heavy atom. The van der Waals surface area contributed by atoms with E-state index in [1.54, 1.807) is 12.0 Å². The van der Waals surface area contributed by atoms with Gasteiger partial charge in [-0.25, -0.2) is 0 Å². The maximum Gasteiger partial charge on any atom is 0.243 e. The Labute approximate surface area is 188 Å². The van der Waals surface area contributed by atoms with Crippen molar-refractivity contribution in [3.63, 3.8) is 0 Å². The van der Waals surface area contributed by atoms with Crippen LogP contribution in [-0.4, -0.2) is 18.9 Å². The van der Waals surface area contributed by atoms with Crippen LogP contribution >= 0.6 is 0 Å². The lowest BCUT2D eigenvalue weighted by Crippen LogP contribution is -2.49. The molecule has 1 saturated heterocycles. The van der Waals surface area contributed by atoms with Crippen molar-refractivity contribution in [1.82, 2.24) is 5.43 Å². The number of carbonyl (C=O) groups is 2. The maximum atomic E-state index is 13.3. The number of ether oxygens (including phenoxy) is 1. The molecule has 6 heteroatoms. The highest BCUT2D eigenvalue weighted by Gasteiger charge is 2.41. The number of anilines is 2. The lowest BCUT2D eigenvalue weighted by Gasteiger charge is -2.41. The average Bonchev–Trinajstić information content (AvgIpc) is 2.84. The first-order chi connectivity index (χ1) is 15.6. The molecule has 2 amide bonds. The normalized spacial score (nSPS) is 18.2. The molecule has 4 rings (SSSR count). The van der Waals surface area contributed by atoms with E-state index in [1.807, 2.05) is 85.8 Å². The molecular formula is C26H27N3O3. The van der Waals surface area contributed by atoms with Gasteiger partial charge in [-0.1, -0.05) is 48.0 Å². The first-order valence-corrected chi connectivity index (χ1v) is 10.7. The summed E-state index contributed by atoms with van der Waals surface area (Å²) in [4.78, 5) is 28.1. The van der Waals surface area contributed by atoms with E-state index in [2.05, 4.69) is 10.9 Å². The van der Waals surface area contributed by atoms with E-state index < -0.39 is 12.0 Å². The molecule has 0 aliphatic carbocycles. The van der Waals surface area contributed by atoms with Crippen LogP contribution in [0.4, 0.5) is 11.4 Å². The molecular weight excluding hydrogens is 402 g/mol. The highest BCUT2D eigenvalue weighted by Crippen LogP contribution is 2.40. The van der Waals surface area contributed by atoms with E-state index in [-0.39, 0.29) is 11.8 Å². The van der Waals surface area contributed by atoms with Crippen molar-refractivity contribution in [3.05, 3.63) is 90.0 Å². The molecule has 1 heterocycles. The van der Waals surface area contributed by atoms with Gasteiger partial charge in [-0.05, 0) is 55.3 Å². The van der Waals surface area contributed by atoms with Gasteiger partial charge in [0.2, 0.25) is 11.8 Å². The number of rotatable bonds is 6. The smallest absolute Gasteiger partial charge is 0.243 e. The van der Waals surface area contributed by atoms with Crippen LogP contribution in [-0.2, 0) is 9.59 Å². The summed E-state index contributed by atoms with van der Waals surface area (Å²) in [5, 5.41) is 0. The van der Waals surface area contributed by atoms with Crippen LogP contribution in [0, 0.1) is 12.8 Å². The van der Waals surface area contributed by atoms with Crippen molar-refractivity contribution >= 4 is 23.2 Å². The second-order valence-electron chi connectivity index (χ2n) is 7.94. The number of aryl methyl sites for hydroxylation is 1. The Kier molecular flexibility index (Phi) is 6.40. The van der Waals surface area contributed by atoms with Gasteiger partial charge >= 0.3 is 0 Å². The largest absolute Gasteiger partial charge is 0.497 e. The first-order valence-electron chi connectivity index (χ1n) is 10.7. The van der Waals surface area contributed by atoms with Crippen molar-refractivity contribution in [2.45, 2.75) is 25.8 Å². The molecule has 2 unspecified atom stereocenters. The summed E-state index contributed by atoms with van der Waals surface area (Å²) in [7, 11) is 1.61. The van der Waals surface area contributed by atoms with Gasteiger partial charge in [0.1, 0.15) is 5.75 Å². The molecule has 1 aliphatic rings. The molecule has 2 N–H and O–H groups in total. The van der Waals surface area contributed by atoms with Gasteiger partial charge in [0, 0.05) is 12.1 Å². The van der Waals surface area contributed by atoms with Crippen LogP contribution in [0.15, 0.2) is 78.9 Å². The Hall–Kier alpha value is -3.80. The molecule has 6 nitrogen and oxygen atoms in total. The molecule has 3 aromatic rings. The third-order valence-corrected chi connectivity index (χ3v) is 5.81. The standard InChI is InChI=1S/C26H27N3O3/c1-18-8-12-21(13-9-18)29-24(30)17-16-23(25(29)19-10-14-22(32-2)15-11-19)26(31)28-27-20-6-4-3-5-7-20/h3-15,23,25,27H,16-17H2,1-2H3,(H,28,31). The SMILES string of the molecule is COc1ccc(C2C(C(=O)NNc3ccccc3)CCC(=O)N2c2ccc(C)cc2)cc1. The second kappa shape index (κ2) is 9.56. The summed E-state index contributed by atoms with van der Waals surface area (Å²) in [6.45, 7) is 2.01. The summed E-state index contributed by atoms with van der Waals surface area (Å²) in [6, 6.07) is 24.4. The lowest BCUT2D eigenvalue weighted by atomic mass is 9.83. The van der Waals surface area contributed by atoms with Crippen molar-refractivity contribution in [3.8, 4) is 5.75 Å². The van der Waals surface area contributed by atoms with E-state index >= 15 is 0 Å². The molecule has 32 heavy (non-hydrogen) atoms. The second-order valence-corrected chi connectivity index (χ2v) is 7.94. The van der Waals surface area contributed by atoms with Crippen molar-refractivity contribution < 1.29 is 14.3 Å². The van der Waals surface area contributed by atoms with Gasteiger partial charge in [0.15, 0.2) is 0 Å². The monoisotopic (exact) mass is 429 g/mol. The van der Waals surface area contributed by atoms with Crippen LogP contribution in [0.5, 0.6) is 5.75 Å². The van der Waals surface area contributed by atoms with E-state index in [0.29, 0.717) is 12.8 Å². The fourth-order valence-corrected chi connectivity index (χ4v) is 4.11. The minimum absolute atomic E-state index is 0.00902. The number of hydrogen-bond donors (Lipinski definition) is 2. The van der Waals surface area contributed by atoms with Crippen LogP contribution in [0.3, 0.4) is 0 Å². The molecule has 0 bridgehead atoms. The molecule has 0 radical (unpaired) electrons. The number of nitrogens with zero attached hydrogens (tertiary/aromatic N) is 1. The zero-order chi connectivity index (χ0) is 22.5. The first kappa shape index (κ1) is 21.4. The predicted molar refractivity (Wildman–Crippen MR) is 125 cm³/mol. The van der Waals surface area contributed by atoms with Crippen LogP contribution in [0.25, 0.3) is 0 Å². The van der Waals surface area contributed by atoms with Gasteiger partial charge in [0.25, 0.3) is 0 Å². The molecule has 2 atom stereocenters. The minimum Gasteiger partial charge on any atom is -0.497 e. The third kappa shape index (κ3) is 4.59. The number of methoxy groups -OCH3 is 1. The number of para-hydroxylation sites is 1. The Bertz CT molecular complexity index is 1070. The van der Waals surface area contributed by atoms with Gasteiger partial charge in [-0.15, -0.1) is 0 Å². The average molecular weight is 430 g/mol. The molecule has 164 valence electrons. The van der Waals surface area contributed by atoms with E-state index in [9.17, 15) is 9.59 Å². The fraction of sp³-hybridized carbons (Fsp3) is 0.231. The topological polar surface area (TPSA) is 70.7 Å². The molecule has 0 spiro atoms. The van der Waals surface area contributed by atoms with Gasteiger partial charge < -0.3 is 9.64 Å². The number of carbonyl (C=O) groups excluding carboxylic acids is 2. The molecule has 3 aromatic carbocycles. The molecule has 1 aliphatic heterocycles. The van der Waals surface area contributed by atoms with Crippen molar-refractivity contribution in [2.24, 2.45) is 5.92 Å². The summed E-state index contributed by atoms with van der Waals surface area (Å²) in [5.41, 5.74) is 9.40. The zero-order valence-corrected chi connectivity index (χ0v) is 18.2. The summed E-state index contributed by atoms with van der Waals surface area (Å²) in [5.74, 6) is 0.164. The number of nitrogens with one attached hydrogen (secondary N) is 2.